The molecule has 0 unspecified atom stereocenters. The monoisotopic (exact) mass is 370 g/mol. The van der Waals surface area contributed by atoms with E-state index in [9.17, 15) is 14.9 Å². The second kappa shape index (κ2) is 8.43. The second-order valence-corrected chi connectivity index (χ2v) is 5.78. The highest BCUT2D eigenvalue weighted by Gasteiger charge is 2.10. The molecule has 0 saturated carbocycles. The lowest BCUT2D eigenvalue weighted by atomic mass is 10.0. The number of nitro benzene ring substituents is 1. The minimum Gasteiger partial charge on any atom is -0.423 e. The van der Waals surface area contributed by atoms with Gasteiger partial charge in [-0.05, 0) is 47.5 Å². The van der Waals surface area contributed by atoms with Gasteiger partial charge in [0.15, 0.2) is 0 Å². The summed E-state index contributed by atoms with van der Waals surface area (Å²) in [4.78, 5) is 22.5. The van der Waals surface area contributed by atoms with E-state index in [4.69, 9.17) is 10.00 Å². The normalized spacial score (nSPS) is 10.4. The molecule has 0 N–H and O–H groups in total. The Morgan fingerprint density at radius 3 is 2.18 bits per heavy atom. The third-order valence-corrected chi connectivity index (χ3v) is 3.95. The smallest absolute Gasteiger partial charge is 0.336 e. The molecule has 0 aliphatic carbocycles. The molecule has 136 valence electrons. The van der Waals surface area contributed by atoms with Gasteiger partial charge in [0.05, 0.1) is 22.1 Å². The van der Waals surface area contributed by atoms with Crippen molar-refractivity contribution in [2.45, 2.75) is 0 Å². The van der Waals surface area contributed by atoms with E-state index >= 15 is 0 Å². The second-order valence-electron chi connectivity index (χ2n) is 5.78. The van der Waals surface area contributed by atoms with Crippen LogP contribution in [0.1, 0.15) is 11.1 Å². The summed E-state index contributed by atoms with van der Waals surface area (Å²) in [6, 6.07) is 22.3. The zero-order chi connectivity index (χ0) is 19.9. The van der Waals surface area contributed by atoms with Crippen LogP contribution >= 0.6 is 0 Å². The van der Waals surface area contributed by atoms with E-state index in [1.165, 1.54) is 12.1 Å². The molecule has 0 fully saturated rings. The number of nitriles is 1. The van der Waals surface area contributed by atoms with Crippen molar-refractivity contribution in [3.63, 3.8) is 0 Å². The summed E-state index contributed by atoms with van der Waals surface area (Å²) in [5, 5.41) is 19.8. The Hall–Kier alpha value is -4.24. The number of nitro groups is 1. The van der Waals surface area contributed by atoms with Crippen LogP contribution in [-0.4, -0.2) is 10.9 Å². The first-order chi connectivity index (χ1) is 13.6. The number of carbonyl (C=O) groups excluding carboxylic acids is 1. The predicted octanol–water partition coefficient (Wildman–Crippen LogP) is 4.75. The lowest BCUT2D eigenvalue weighted by Gasteiger charge is -2.05. The Morgan fingerprint density at radius 1 is 0.964 bits per heavy atom. The highest BCUT2D eigenvalue weighted by atomic mass is 16.6. The highest BCUT2D eigenvalue weighted by Crippen LogP contribution is 2.23. The van der Waals surface area contributed by atoms with E-state index in [1.807, 2.05) is 12.1 Å². The number of ether oxygens (including phenoxy) is 1. The third-order valence-electron chi connectivity index (χ3n) is 3.95. The SMILES string of the molecule is N#Cc1ccc(-c2ccc(OC(=O)/C=C/c3ccccc3[N+](=O)[O-])cc2)cc1. The van der Waals surface area contributed by atoms with Gasteiger partial charge in [0.25, 0.3) is 5.69 Å². The molecule has 3 aromatic carbocycles. The first-order valence-corrected chi connectivity index (χ1v) is 8.31. The van der Waals surface area contributed by atoms with Gasteiger partial charge in [0, 0.05) is 12.1 Å². The molecule has 0 bridgehead atoms. The molecule has 3 aromatic rings. The van der Waals surface area contributed by atoms with Crippen molar-refractivity contribution < 1.29 is 14.5 Å². The van der Waals surface area contributed by atoms with Crippen LogP contribution in [0.5, 0.6) is 5.75 Å². The average Bonchev–Trinajstić information content (AvgIpc) is 2.73. The van der Waals surface area contributed by atoms with Gasteiger partial charge in [-0.1, -0.05) is 36.4 Å². The van der Waals surface area contributed by atoms with Crippen LogP contribution in [-0.2, 0) is 4.79 Å². The van der Waals surface area contributed by atoms with Gasteiger partial charge in [-0.2, -0.15) is 5.26 Å². The van der Waals surface area contributed by atoms with Crippen molar-refractivity contribution in [3.8, 4) is 22.9 Å². The van der Waals surface area contributed by atoms with Crippen molar-refractivity contribution in [2.24, 2.45) is 0 Å². The maximum Gasteiger partial charge on any atom is 0.336 e. The van der Waals surface area contributed by atoms with Gasteiger partial charge < -0.3 is 4.74 Å². The van der Waals surface area contributed by atoms with Crippen molar-refractivity contribution >= 4 is 17.7 Å². The molecule has 28 heavy (non-hydrogen) atoms. The number of para-hydroxylation sites is 1. The summed E-state index contributed by atoms with van der Waals surface area (Å²) in [5.74, 6) is -0.279. The molecule has 0 heterocycles. The highest BCUT2D eigenvalue weighted by molar-refractivity contribution is 5.89. The molecule has 0 aromatic heterocycles. The lowest BCUT2D eigenvalue weighted by Crippen LogP contribution is -2.03. The first kappa shape index (κ1) is 18.5. The van der Waals surface area contributed by atoms with Crippen LogP contribution in [0.25, 0.3) is 17.2 Å². The third kappa shape index (κ3) is 4.48. The predicted molar refractivity (Wildman–Crippen MR) is 104 cm³/mol. The van der Waals surface area contributed by atoms with Crippen molar-refractivity contribution in [3.05, 3.63) is 100 Å². The Labute approximate surface area is 161 Å². The summed E-state index contributed by atoms with van der Waals surface area (Å²) in [7, 11) is 0. The molecule has 0 spiro atoms. The van der Waals surface area contributed by atoms with Crippen LogP contribution < -0.4 is 4.74 Å². The quantitative estimate of drug-likeness (QED) is 0.212. The van der Waals surface area contributed by atoms with E-state index < -0.39 is 10.9 Å². The van der Waals surface area contributed by atoms with Crippen LogP contribution in [0.15, 0.2) is 78.9 Å². The first-order valence-electron chi connectivity index (χ1n) is 8.31. The molecule has 6 nitrogen and oxygen atoms in total. The molecule has 0 radical (unpaired) electrons. The fourth-order valence-electron chi connectivity index (χ4n) is 2.56. The Kier molecular flexibility index (Phi) is 5.58. The standard InChI is InChI=1S/C22H14N2O4/c23-15-16-5-7-17(8-6-16)18-9-12-20(13-10-18)28-22(25)14-11-19-3-1-2-4-21(19)24(26)27/h1-14H/b14-11+. The molecule has 0 aliphatic rings. The maximum absolute atomic E-state index is 12.0. The average molecular weight is 370 g/mol. The topological polar surface area (TPSA) is 93.2 Å². The summed E-state index contributed by atoms with van der Waals surface area (Å²) < 4.78 is 5.23. The molecule has 0 atom stereocenters. The van der Waals surface area contributed by atoms with E-state index in [0.717, 1.165) is 17.2 Å². The molecular formula is C22H14N2O4. The number of carbonyl (C=O) groups is 1. The van der Waals surface area contributed by atoms with Gasteiger partial charge in [0.1, 0.15) is 5.75 Å². The Balaban J connectivity index is 1.68. The van der Waals surface area contributed by atoms with Gasteiger partial charge in [-0.25, -0.2) is 4.79 Å². The van der Waals surface area contributed by atoms with E-state index in [-0.39, 0.29) is 5.69 Å². The van der Waals surface area contributed by atoms with E-state index in [0.29, 0.717) is 16.9 Å². The number of hydrogen-bond donors (Lipinski definition) is 0. The van der Waals surface area contributed by atoms with Crippen molar-refractivity contribution in [1.82, 2.24) is 0 Å². The van der Waals surface area contributed by atoms with Crippen LogP contribution in [0.4, 0.5) is 5.69 Å². The number of benzene rings is 3. The lowest BCUT2D eigenvalue weighted by molar-refractivity contribution is -0.385. The van der Waals surface area contributed by atoms with Crippen molar-refractivity contribution in [2.75, 3.05) is 0 Å². The zero-order valence-corrected chi connectivity index (χ0v) is 14.6. The number of rotatable bonds is 5. The zero-order valence-electron chi connectivity index (χ0n) is 14.6. The van der Waals surface area contributed by atoms with Gasteiger partial charge >= 0.3 is 5.97 Å². The Morgan fingerprint density at radius 2 is 1.57 bits per heavy atom. The minimum atomic E-state index is -0.635. The Bertz CT molecular complexity index is 1080. The fraction of sp³-hybridized carbons (Fsp3) is 0. The molecule has 6 heteroatoms. The number of hydrogen-bond acceptors (Lipinski definition) is 5. The fourth-order valence-corrected chi connectivity index (χ4v) is 2.56. The molecule has 3 rings (SSSR count). The van der Waals surface area contributed by atoms with Gasteiger partial charge in [0.2, 0.25) is 0 Å². The molecule has 0 saturated heterocycles. The maximum atomic E-state index is 12.0. The molecule has 0 aliphatic heterocycles. The van der Waals surface area contributed by atoms with Crippen LogP contribution in [0.2, 0.25) is 0 Å². The van der Waals surface area contributed by atoms with Crippen molar-refractivity contribution in [1.29, 1.82) is 5.26 Å². The van der Waals surface area contributed by atoms with E-state index in [1.54, 1.807) is 54.6 Å². The molecule has 0 amide bonds. The summed E-state index contributed by atoms with van der Waals surface area (Å²) in [6.07, 6.45) is 2.50. The largest absolute Gasteiger partial charge is 0.423 e. The van der Waals surface area contributed by atoms with Crippen LogP contribution in [0, 0.1) is 21.4 Å². The number of esters is 1. The number of nitrogens with zero attached hydrogens (tertiary/aromatic N) is 2. The van der Waals surface area contributed by atoms with Gasteiger partial charge in [-0.15, -0.1) is 0 Å². The summed E-state index contributed by atoms with van der Waals surface area (Å²) in [6.45, 7) is 0. The summed E-state index contributed by atoms with van der Waals surface area (Å²) in [5.41, 5.74) is 2.67. The van der Waals surface area contributed by atoms with Crippen LogP contribution in [0.3, 0.4) is 0 Å². The summed E-state index contributed by atoms with van der Waals surface area (Å²) >= 11 is 0. The minimum absolute atomic E-state index is 0.0849. The molecular weight excluding hydrogens is 356 g/mol. The van der Waals surface area contributed by atoms with E-state index in [2.05, 4.69) is 6.07 Å². The van der Waals surface area contributed by atoms with Gasteiger partial charge in [-0.3, -0.25) is 10.1 Å².